The summed E-state index contributed by atoms with van der Waals surface area (Å²) in [6, 6.07) is 5.29. The molecule has 2 amide bonds. The van der Waals surface area contributed by atoms with E-state index in [-0.39, 0.29) is 54.9 Å². The Labute approximate surface area is 220 Å². The minimum Gasteiger partial charge on any atom is -0.507 e. The molecule has 0 unspecified atom stereocenters. The average molecular weight is 516 g/mol. The minimum absolute atomic E-state index is 0.0181. The number of hydrogen-bond donors (Lipinski definition) is 2. The van der Waals surface area contributed by atoms with E-state index in [1.54, 1.807) is 31.2 Å². The van der Waals surface area contributed by atoms with Gasteiger partial charge in [0.2, 0.25) is 11.8 Å². The van der Waals surface area contributed by atoms with Gasteiger partial charge >= 0.3 is 5.97 Å². The molecule has 2 N–H and O–H groups in total. The highest BCUT2D eigenvalue weighted by Crippen LogP contribution is 2.56. The second-order valence-electron chi connectivity index (χ2n) is 10.4. The molecular formula is C30H29NO7. The van der Waals surface area contributed by atoms with Crippen molar-refractivity contribution in [3.8, 4) is 5.75 Å². The van der Waals surface area contributed by atoms with Crippen molar-refractivity contribution in [2.75, 3.05) is 6.54 Å². The molecule has 0 saturated carbocycles. The van der Waals surface area contributed by atoms with Gasteiger partial charge in [-0.25, -0.2) is 0 Å². The lowest BCUT2D eigenvalue weighted by Gasteiger charge is -2.42. The van der Waals surface area contributed by atoms with Crippen molar-refractivity contribution >= 4 is 29.4 Å². The molecule has 0 bridgehead atoms. The number of rotatable bonds is 7. The number of nitrogens with zero attached hydrogens (tertiary/aromatic N) is 1. The van der Waals surface area contributed by atoms with E-state index < -0.39 is 29.6 Å². The molecule has 1 aliphatic heterocycles. The number of carboxylic acid groups (broad SMARTS) is 1. The maximum atomic E-state index is 13.6. The number of imide groups is 1. The minimum atomic E-state index is -0.998. The van der Waals surface area contributed by atoms with E-state index in [9.17, 15) is 29.1 Å². The number of hydrogen-bond acceptors (Lipinski definition) is 6. The summed E-state index contributed by atoms with van der Waals surface area (Å²) in [6.07, 6.45) is 5.76. The lowest BCUT2D eigenvalue weighted by molar-refractivity contribution is -0.142. The molecule has 0 spiro atoms. The molecule has 1 saturated heterocycles. The highest BCUT2D eigenvalue weighted by Gasteiger charge is 2.56. The quantitative estimate of drug-likeness (QED) is 0.323. The fourth-order valence-corrected chi connectivity index (χ4v) is 6.56. The molecule has 3 aliphatic carbocycles. The number of carbonyl (C=O) groups is 5. The van der Waals surface area contributed by atoms with Crippen LogP contribution < -0.4 is 0 Å². The van der Waals surface area contributed by atoms with E-state index in [2.05, 4.69) is 6.58 Å². The number of likely N-dealkylation sites (tertiary alicyclic amines) is 1. The number of aromatic hydroxyl groups is 1. The highest BCUT2D eigenvalue weighted by atomic mass is 16.4. The Kier molecular flexibility index (Phi) is 6.51. The number of Topliss-reactive ketones (excluding diaryl/α,β-unsaturated/α-hetero) is 1. The molecule has 1 heterocycles. The first-order valence-corrected chi connectivity index (χ1v) is 12.8. The number of amides is 2. The predicted octanol–water partition coefficient (Wildman–Crippen LogP) is 3.42. The maximum Gasteiger partial charge on any atom is 0.303 e. The van der Waals surface area contributed by atoms with Crippen molar-refractivity contribution in [3.63, 3.8) is 0 Å². The van der Waals surface area contributed by atoms with Gasteiger partial charge in [-0.2, -0.15) is 0 Å². The van der Waals surface area contributed by atoms with E-state index in [0.29, 0.717) is 40.7 Å². The second kappa shape index (κ2) is 9.67. The van der Waals surface area contributed by atoms with Gasteiger partial charge in [0.05, 0.1) is 11.8 Å². The van der Waals surface area contributed by atoms with Gasteiger partial charge in [0, 0.05) is 41.2 Å². The molecule has 1 fully saturated rings. The molecule has 4 atom stereocenters. The van der Waals surface area contributed by atoms with Crippen LogP contribution in [0.15, 0.2) is 65.3 Å². The van der Waals surface area contributed by atoms with Crippen LogP contribution in [0.25, 0.3) is 0 Å². The number of para-hydroxylation sites is 1. The molecule has 4 aliphatic rings. The summed E-state index contributed by atoms with van der Waals surface area (Å²) in [4.78, 5) is 65.6. The maximum absolute atomic E-state index is 13.6. The molecule has 8 nitrogen and oxygen atoms in total. The van der Waals surface area contributed by atoms with Crippen LogP contribution in [0.4, 0.5) is 0 Å². The fourth-order valence-electron chi connectivity index (χ4n) is 6.56. The zero-order chi connectivity index (χ0) is 27.3. The molecule has 38 heavy (non-hydrogen) atoms. The number of aliphatic carboxylic acids is 1. The van der Waals surface area contributed by atoms with Crippen molar-refractivity contribution < 1.29 is 34.2 Å². The van der Waals surface area contributed by atoms with Gasteiger partial charge in [-0.15, -0.1) is 6.58 Å². The lowest BCUT2D eigenvalue weighted by atomic mass is 9.59. The summed E-state index contributed by atoms with van der Waals surface area (Å²) in [5.41, 5.74) is 2.86. The molecule has 0 aromatic heterocycles. The molecule has 5 rings (SSSR count). The number of ketones is 2. The largest absolute Gasteiger partial charge is 0.507 e. The van der Waals surface area contributed by atoms with Crippen LogP contribution >= 0.6 is 0 Å². The van der Waals surface area contributed by atoms with E-state index in [1.807, 2.05) is 6.08 Å². The van der Waals surface area contributed by atoms with E-state index in [1.165, 1.54) is 6.08 Å². The van der Waals surface area contributed by atoms with Gasteiger partial charge in [-0.3, -0.25) is 28.9 Å². The number of carbonyl (C=O) groups excluding carboxylic acids is 4. The molecule has 1 aromatic carbocycles. The van der Waals surface area contributed by atoms with E-state index in [4.69, 9.17) is 5.11 Å². The Bertz CT molecular complexity index is 1390. The normalized spacial score (nSPS) is 26.5. The summed E-state index contributed by atoms with van der Waals surface area (Å²) >= 11 is 0. The van der Waals surface area contributed by atoms with E-state index >= 15 is 0 Å². The summed E-state index contributed by atoms with van der Waals surface area (Å²) in [5.74, 6) is -4.75. The van der Waals surface area contributed by atoms with Crippen LogP contribution in [0.5, 0.6) is 5.75 Å². The van der Waals surface area contributed by atoms with Crippen molar-refractivity contribution in [1.82, 2.24) is 4.90 Å². The fraction of sp³-hybridized carbons (Fsp3) is 0.367. The Morgan fingerprint density at radius 2 is 1.92 bits per heavy atom. The number of phenolic OH excluding ortho intramolecular Hbond substituents is 1. The predicted molar refractivity (Wildman–Crippen MR) is 137 cm³/mol. The van der Waals surface area contributed by atoms with Crippen molar-refractivity contribution in [3.05, 3.63) is 76.4 Å². The van der Waals surface area contributed by atoms with Gasteiger partial charge in [0.15, 0.2) is 11.6 Å². The van der Waals surface area contributed by atoms with Crippen LogP contribution in [0.3, 0.4) is 0 Å². The summed E-state index contributed by atoms with van der Waals surface area (Å²) in [5, 5.41) is 20.2. The second-order valence-corrected chi connectivity index (χ2v) is 10.4. The first kappa shape index (κ1) is 25.6. The van der Waals surface area contributed by atoms with Crippen LogP contribution in [0, 0.1) is 17.8 Å². The first-order chi connectivity index (χ1) is 18.1. The Hall–Kier alpha value is -4.07. The standard InChI is InChI=1S/C30H29NO7/c1-3-6-16-7-4-8-18(28(16)36)24-17-10-11-19-25(30(38)31(29(19)37)12-5-9-23(33)34)20(17)14-21-22(32)13-15(2)27(35)26(21)24/h3-4,7-8,10,13,19-20,24-25,36H,1,5-6,9,11-12,14H2,2H3,(H,33,34)/t19-,20+,24+,25-/m0/s1. The summed E-state index contributed by atoms with van der Waals surface area (Å²) in [7, 11) is 0. The van der Waals surface area contributed by atoms with Crippen molar-refractivity contribution in [1.29, 1.82) is 0 Å². The van der Waals surface area contributed by atoms with Gasteiger partial charge in [0.1, 0.15) is 5.75 Å². The number of allylic oxidation sites excluding steroid dienone is 7. The van der Waals surface area contributed by atoms with Gasteiger partial charge in [-0.1, -0.05) is 35.9 Å². The molecule has 1 aromatic rings. The molecular weight excluding hydrogens is 486 g/mol. The topological polar surface area (TPSA) is 129 Å². The van der Waals surface area contributed by atoms with Gasteiger partial charge in [0.25, 0.3) is 0 Å². The van der Waals surface area contributed by atoms with Crippen LogP contribution in [-0.4, -0.2) is 51.0 Å². The average Bonchev–Trinajstić information content (AvgIpc) is 3.12. The van der Waals surface area contributed by atoms with Gasteiger partial charge in [-0.05, 0) is 50.2 Å². The smallest absolute Gasteiger partial charge is 0.303 e. The Morgan fingerprint density at radius 1 is 1.16 bits per heavy atom. The number of fused-ring (bicyclic) bond motifs is 3. The third-order valence-electron chi connectivity index (χ3n) is 8.25. The number of benzene rings is 1. The monoisotopic (exact) mass is 515 g/mol. The molecule has 0 radical (unpaired) electrons. The third kappa shape index (κ3) is 3.95. The highest BCUT2D eigenvalue weighted by molar-refractivity contribution is 6.24. The zero-order valence-electron chi connectivity index (χ0n) is 21.1. The summed E-state index contributed by atoms with van der Waals surface area (Å²) in [6.45, 7) is 5.37. The van der Waals surface area contributed by atoms with Crippen molar-refractivity contribution in [2.45, 2.75) is 44.9 Å². The SMILES string of the molecule is C=CCc1cccc([C@H]2C3=CC[C@@H]4C(=O)N(CCCC(=O)O)C(=O)[C@@H]4[C@@H]3CC3=C2C(=O)C(C)=CC3=O)c1O. The van der Waals surface area contributed by atoms with Gasteiger partial charge < -0.3 is 10.2 Å². The summed E-state index contributed by atoms with van der Waals surface area (Å²) < 4.78 is 0. The van der Waals surface area contributed by atoms with Crippen LogP contribution in [-0.2, 0) is 30.4 Å². The Balaban J connectivity index is 1.61. The van der Waals surface area contributed by atoms with Crippen LogP contribution in [0.1, 0.15) is 49.7 Å². The zero-order valence-corrected chi connectivity index (χ0v) is 21.1. The van der Waals surface area contributed by atoms with Crippen LogP contribution in [0.2, 0.25) is 0 Å². The third-order valence-corrected chi connectivity index (χ3v) is 8.25. The first-order valence-electron chi connectivity index (χ1n) is 12.8. The van der Waals surface area contributed by atoms with Crippen molar-refractivity contribution in [2.24, 2.45) is 17.8 Å². The molecule has 196 valence electrons. The lowest BCUT2D eigenvalue weighted by Crippen LogP contribution is -2.40. The number of carboxylic acids is 1. The number of phenols is 1. The molecule has 8 heteroatoms. The Morgan fingerprint density at radius 3 is 2.63 bits per heavy atom. The van der Waals surface area contributed by atoms with E-state index in [0.717, 1.165) is 10.5 Å².